The average Bonchev–Trinajstić information content (AvgIpc) is 3.61. The minimum atomic E-state index is -0.966. The second-order valence-electron chi connectivity index (χ2n) is 11.0. The topological polar surface area (TPSA) is 124 Å². The summed E-state index contributed by atoms with van der Waals surface area (Å²) in [7, 11) is 6.22. The molecule has 1 heterocycles. The van der Waals surface area contributed by atoms with Crippen LogP contribution in [0.1, 0.15) is 48.5 Å². The molecule has 11 nitrogen and oxygen atoms in total. The van der Waals surface area contributed by atoms with Crippen LogP contribution in [0.25, 0.3) is 10.9 Å². The number of aromatic nitrogens is 1. The minimum absolute atomic E-state index is 0.0834. The molecule has 1 aliphatic carbocycles. The maximum absolute atomic E-state index is 13.4. The lowest BCUT2D eigenvalue weighted by atomic mass is 10.0. The summed E-state index contributed by atoms with van der Waals surface area (Å²) in [6.07, 6.45) is 6.01. The standard InChI is InChI=1S/C36H40N2O9/c1-6-45-36(40)27(38-35(39)23-12-14-29(41-2)34(19-23)46-24-9-7-8-10-24)17-22-11-13-30(31(18-22)42-3)47-28-15-16-37-26-21-33(44-5)32(43-4)20-25(26)28/h11-16,18-21,24,27H,6-10,17H2,1-5H3,(H,38,39). The Kier molecular flexibility index (Phi) is 10.9. The van der Waals surface area contributed by atoms with Gasteiger partial charge < -0.3 is 38.5 Å². The van der Waals surface area contributed by atoms with Crippen LogP contribution in [-0.4, -0.2) is 64.1 Å². The van der Waals surface area contributed by atoms with Crippen LogP contribution in [0.4, 0.5) is 0 Å². The quantitative estimate of drug-likeness (QED) is 0.157. The van der Waals surface area contributed by atoms with E-state index in [1.807, 2.05) is 6.07 Å². The minimum Gasteiger partial charge on any atom is -0.493 e. The van der Waals surface area contributed by atoms with E-state index in [-0.39, 0.29) is 19.1 Å². The first-order valence-electron chi connectivity index (χ1n) is 15.5. The molecule has 248 valence electrons. The number of esters is 1. The first-order valence-corrected chi connectivity index (χ1v) is 15.5. The van der Waals surface area contributed by atoms with Crippen LogP contribution in [0.5, 0.6) is 40.2 Å². The molecule has 1 saturated carbocycles. The number of benzene rings is 3. The Balaban J connectivity index is 1.36. The molecular weight excluding hydrogens is 604 g/mol. The molecule has 0 bridgehead atoms. The summed E-state index contributed by atoms with van der Waals surface area (Å²) in [6, 6.07) is 14.7. The van der Waals surface area contributed by atoms with Crippen molar-refractivity contribution in [2.24, 2.45) is 0 Å². The summed E-state index contributed by atoms with van der Waals surface area (Å²) in [5.41, 5.74) is 1.73. The van der Waals surface area contributed by atoms with Crippen LogP contribution in [0.3, 0.4) is 0 Å². The summed E-state index contributed by atoms with van der Waals surface area (Å²) in [6.45, 7) is 1.89. The Bertz CT molecular complexity index is 1720. The third-order valence-corrected chi connectivity index (χ3v) is 7.99. The zero-order valence-corrected chi connectivity index (χ0v) is 27.3. The van der Waals surface area contributed by atoms with Crippen LogP contribution in [0, 0.1) is 0 Å². The molecule has 1 fully saturated rings. The fraction of sp³-hybridized carbons (Fsp3) is 0.361. The molecule has 1 amide bonds. The third-order valence-electron chi connectivity index (χ3n) is 7.99. The lowest BCUT2D eigenvalue weighted by molar-refractivity contribution is -0.145. The second-order valence-corrected chi connectivity index (χ2v) is 11.0. The van der Waals surface area contributed by atoms with E-state index >= 15 is 0 Å². The summed E-state index contributed by atoms with van der Waals surface area (Å²) >= 11 is 0. The van der Waals surface area contributed by atoms with Crippen molar-refractivity contribution in [3.63, 3.8) is 0 Å². The Hall–Kier alpha value is -5.19. The number of fused-ring (bicyclic) bond motifs is 1. The predicted octanol–water partition coefficient (Wildman–Crippen LogP) is 6.29. The van der Waals surface area contributed by atoms with Crippen molar-refractivity contribution in [1.82, 2.24) is 10.3 Å². The molecule has 4 aromatic rings. The molecule has 1 atom stereocenters. The molecule has 11 heteroatoms. The predicted molar refractivity (Wildman–Crippen MR) is 175 cm³/mol. The van der Waals surface area contributed by atoms with Gasteiger partial charge in [0.2, 0.25) is 0 Å². The number of hydrogen-bond donors (Lipinski definition) is 1. The van der Waals surface area contributed by atoms with Gasteiger partial charge in [-0.1, -0.05) is 6.07 Å². The van der Waals surface area contributed by atoms with Crippen LogP contribution in [0.2, 0.25) is 0 Å². The Labute approximate surface area is 274 Å². The van der Waals surface area contributed by atoms with Crippen molar-refractivity contribution in [1.29, 1.82) is 0 Å². The number of amides is 1. The van der Waals surface area contributed by atoms with Crippen molar-refractivity contribution in [2.75, 3.05) is 35.0 Å². The number of nitrogens with one attached hydrogen (secondary N) is 1. The number of pyridine rings is 1. The van der Waals surface area contributed by atoms with Gasteiger partial charge in [0.15, 0.2) is 34.5 Å². The molecule has 0 spiro atoms. The molecule has 47 heavy (non-hydrogen) atoms. The van der Waals surface area contributed by atoms with E-state index in [1.165, 1.54) is 7.11 Å². The van der Waals surface area contributed by atoms with Gasteiger partial charge in [-0.25, -0.2) is 4.79 Å². The molecule has 5 rings (SSSR count). The Morgan fingerprint density at radius 3 is 2.17 bits per heavy atom. The lowest BCUT2D eigenvalue weighted by Gasteiger charge is -2.20. The van der Waals surface area contributed by atoms with Gasteiger partial charge in [0.1, 0.15) is 11.8 Å². The van der Waals surface area contributed by atoms with Crippen LogP contribution >= 0.6 is 0 Å². The van der Waals surface area contributed by atoms with Crippen molar-refractivity contribution in [3.05, 3.63) is 71.9 Å². The maximum atomic E-state index is 13.4. The van der Waals surface area contributed by atoms with Crippen LogP contribution in [0.15, 0.2) is 60.8 Å². The molecule has 1 aliphatic rings. The van der Waals surface area contributed by atoms with Gasteiger partial charge in [0.25, 0.3) is 5.91 Å². The zero-order chi connectivity index (χ0) is 33.3. The molecule has 3 aromatic carbocycles. The highest BCUT2D eigenvalue weighted by Crippen LogP contribution is 2.39. The lowest BCUT2D eigenvalue weighted by Crippen LogP contribution is -2.43. The summed E-state index contributed by atoms with van der Waals surface area (Å²) in [5, 5.41) is 3.57. The normalized spacial score (nSPS) is 13.5. The van der Waals surface area contributed by atoms with E-state index < -0.39 is 17.9 Å². The molecule has 0 aliphatic heterocycles. The SMILES string of the molecule is CCOC(=O)C(Cc1ccc(Oc2ccnc3cc(OC)c(OC)cc23)c(OC)c1)NC(=O)c1ccc(OC)c(OC2CCCC2)c1. The van der Waals surface area contributed by atoms with Gasteiger partial charge in [-0.15, -0.1) is 0 Å². The Morgan fingerprint density at radius 2 is 1.47 bits per heavy atom. The molecule has 1 N–H and O–H groups in total. The highest BCUT2D eigenvalue weighted by molar-refractivity contribution is 5.97. The number of carbonyl (C=O) groups is 2. The summed E-state index contributed by atoms with van der Waals surface area (Å²) in [4.78, 5) is 30.9. The van der Waals surface area contributed by atoms with Crippen molar-refractivity contribution in [3.8, 4) is 40.2 Å². The van der Waals surface area contributed by atoms with E-state index in [9.17, 15) is 9.59 Å². The smallest absolute Gasteiger partial charge is 0.328 e. The van der Waals surface area contributed by atoms with Gasteiger partial charge >= 0.3 is 5.97 Å². The van der Waals surface area contributed by atoms with Crippen molar-refractivity contribution < 1.29 is 42.7 Å². The number of nitrogens with zero attached hydrogens (tertiary/aromatic N) is 1. The summed E-state index contributed by atoms with van der Waals surface area (Å²) < 4.78 is 39.8. The van der Waals surface area contributed by atoms with E-state index in [1.54, 1.807) is 83.0 Å². The van der Waals surface area contributed by atoms with Gasteiger partial charge in [0.05, 0.1) is 46.7 Å². The molecular formula is C36H40N2O9. The monoisotopic (exact) mass is 644 g/mol. The second kappa shape index (κ2) is 15.4. The molecule has 0 saturated heterocycles. The number of ether oxygens (including phenoxy) is 7. The van der Waals surface area contributed by atoms with Crippen LogP contribution < -0.4 is 33.7 Å². The average molecular weight is 645 g/mol. The van der Waals surface area contributed by atoms with Gasteiger partial charge in [-0.05, 0) is 80.6 Å². The number of methoxy groups -OCH3 is 4. The first kappa shape index (κ1) is 33.2. The van der Waals surface area contributed by atoms with Gasteiger partial charge in [-0.2, -0.15) is 0 Å². The van der Waals surface area contributed by atoms with Crippen molar-refractivity contribution >= 4 is 22.8 Å². The van der Waals surface area contributed by atoms with Crippen LogP contribution in [-0.2, 0) is 16.0 Å². The molecule has 1 aromatic heterocycles. The van der Waals surface area contributed by atoms with Crippen molar-refractivity contribution in [2.45, 2.75) is 51.2 Å². The Morgan fingerprint density at radius 1 is 0.787 bits per heavy atom. The fourth-order valence-electron chi connectivity index (χ4n) is 5.59. The highest BCUT2D eigenvalue weighted by Gasteiger charge is 2.26. The van der Waals surface area contributed by atoms with E-state index in [0.717, 1.165) is 36.6 Å². The zero-order valence-electron chi connectivity index (χ0n) is 27.3. The van der Waals surface area contributed by atoms with E-state index in [4.69, 9.17) is 33.2 Å². The molecule has 0 radical (unpaired) electrons. The maximum Gasteiger partial charge on any atom is 0.328 e. The largest absolute Gasteiger partial charge is 0.493 e. The fourth-order valence-corrected chi connectivity index (χ4v) is 5.59. The first-order chi connectivity index (χ1) is 22.9. The van der Waals surface area contributed by atoms with Gasteiger partial charge in [-0.3, -0.25) is 9.78 Å². The van der Waals surface area contributed by atoms with E-state index in [2.05, 4.69) is 10.3 Å². The summed E-state index contributed by atoms with van der Waals surface area (Å²) in [5.74, 6) is 2.57. The highest BCUT2D eigenvalue weighted by atomic mass is 16.5. The number of carbonyl (C=O) groups excluding carboxylic acids is 2. The van der Waals surface area contributed by atoms with Gasteiger partial charge in [0, 0.05) is 29.6 Å². The third kappa shape index (κ3) is 7.79. The number of hydrogen-bond acceptors (Lipinski definition) is 10. The van der Waals surface area contributed by atoms with E-state index in [0.29, 0.717) is 51.3 Å². The number of rotatable bonds is 14. The molecule has 1 unspecified atom stereocenters.